The van der Waals surface area contributed by atoms with Gasteiger partial charge in [-0.05, 0) is 42.0 Å². The van der Waals surface area contributed by atoms with Crippen LogP contribution in [-0.4, -0.2) is 23.3 Å². The number of hydrogen-bond donors (Lipinski definition) is 1. The summed E-state index contributed by atoms with van der Waals surface area (Å²) in [5.74, 6) is 2.41. The first kappa shape index (κ1) is 18.6. The highest BCUT2D eigenvalue weighted by molar-refractivity contribution is 6.35. The van der Waals surface area contributed by atoms with E-state index in [0.29, 0.717) is 45.4 Å². The highest BCUT2D eigenvalue weighted by atomic mass is 35.5. The Morgan fingerprint density at radius 3 is 2.56 bits per heavy atom. The molecular formula is C21H21Cl2NO3. The van der Waals surface area contributed by atoms with E-state index in [1.807, 2.05) is 18.2 Å². The fourth-order valence-electron chi connectivity index (χ4n) is 3.97. The number of ether oxygens (including phenoxy) is 2. The van der Waals surface area contributed by atoms with E-state index in [1.54, 1.807) is 7.11 Å². The summed E-state index contributed by atoms with van der Waals surface area (Å²) in [6, 6.07) is 5.51. The lowest BCUT2D eigenvalue weighted by atomic mass is 10.0. The van der Waals surface area contributed by atoms with Gasteiger partial charge in [0.1, 0.15) is 6.10 Å². The van der Waals surface area contributed by atoms with Crippen LogP contribution in [0.5, 0.6) is 11.5 Å². The fourth-order valence-corrected chi connectivity index (χ4v) is 4.48. The minimum atomic E-state index is -0.768. The van der Waals surface area contributed by atoms with Crippen molar-refractivity contribution in [2.75, 3.05) is 7.11 Å². The maximum Gasteiger partial charge on any atom is 0.161 e. The van der Waals surface area contributed by atoms with E-state index in [-0.39, 0.29) is 6.10 Å². The summed E-state index contributed by atoms with van der Waals surface area (Å²) in [4.78, 5) is 3.95. The number of aliphatic hydroxyl groups excluding tert-OH is 1. The molecule has 1 N–H and O–H groups in total. The molecule has 4 rings (SSSR count). The molecule has 0 saturated heterocycles. The van der Waals surface area contributed by atoms with Gasteiger partial charge in [-0.2, -0.15) is 0 Å². The number of hydrogen-bond acceptors (Lipinski definition) is 4. The van der Waals surface area contributed by atoms with Crippen LogP contribution in [0.3, 0.4) is 0 Å². The minimum absolute atomic E-state index is 0.158. The second-order valence-electron chi connectivity index (χ2n) is 7.15. The Morgan fingerprint density at radius 2 is 1.93 bits per heavy atom. The van der Waals surface area contributed by atoms with Crippen LogP contribution in [0.1, 0.15) is 30.1 Å². The van der Waals surface area contributed by atoms with Crippen molar-refractivity contribution in [3.05, 3.63) is 63.9 Å². The molecule has 27 heavy (non-hydrogen) atoms. The number of rotatable bonds is 6. The molecule has 4 nitrogen and oxygen atoms in total. The summed E-state index contributed by atoms with van der Waals surface area (Å²) in [6.07, 6.45) is 9.46. The third kappa shape index (κ3) is 3.79. The topological polar surface area (TPSA) is 51.6 Å². The predicted octanol–water partition coefficient (Wildman–Crippen LogP) is 5.02. The van der Waals surface area contributed by atoms with E-state index in [0.717, 1.165) is 18.4 Å². The van der Waals surface area contributed by atoms with Crippen LogP contribution in [0, 0.1) is 11.8 Å². The average Bonchev–Trinajstić information content (AvgIpc) is 3.28. The predicted molar refractivity (Wildman–Crippen MR) is 106 cm³/mol. The maximum atomic E-state index is 10.7. The molecule has 6 heteroatoms. The molecule has 4 atom stereocenters. The number of pyridine rings is 1. The van der Waals surface area contributed by atoms with E-state index in [2.05, 4.69) is 17.1 Å². The Kier molecular flexibility index (Phi) is 5.31. The molecule has 2 aromatic rings. The minimum Gasteiger partial charge on any atom is -0.493 e. The van der Waals surface area contributed by atoms with Crippen LogP contribution in [0.2, 0.25) is 10.0 Å². The Morgan fingerprint density at radius 1 is 1.15 bits per heavy atom. The normalized spacial score (nSPS) is 24.2. The SMILES string of the molecule is COc1ccc(C(O)Cc2c(Cl)cncc2Cl)cc1OC1CC2C=CC1C2. The molecule has 1 heterocycles. The number of aromatic nitrogens is 1. The fraction of sp³-hybridized carbons (Fsp3) is 0.381. The van der Waals surface area contributed by atoms with Gasteiger partial charge in [0.15, 0.2) is 11.5 Å². The smallest absolute Gasteiger partial charge is 0.161 e. The molecule has 2 bridgehead atoms. The van der Waals surface area contributed by atoms with Crippen molar-refractivity contribution < 1.29 is 14.6 Å². The van der Waals surface area contributed by atoms with Crippen LogP contribution >= 0.6 is 23.2 Å². The standard InChI is InChI=1S/C21H21Cl2NO3/c1-26-19-5-4-13(18(25)9-15-16(22)10-24-11-17(15)23)8-21(19)27-20-7-12-2-3-14(20)6-12/h2-5,8,10-12,14,18,20,25H,6-7,9H2,1H3. The second kappa shape index (κ2) is 7.70. The molecule has 1 aromatic heterocycles. The molecule has 0 aliphatic heterocycles. The molecule has 1 aromatic carbocycles. The molecular weight excluding hydrogens is 385 g/mol. The third-order valence-electron chi connectivity index (χ3n) is 5.42. The zero-order valence-corrected chi connectivity index (χ0v) is 16.5. The van der Waals surface area contributed by atoms with E-state index in [1.165, 1.54) is 12.4 Å². The highest BCUT2D eigenvalue weighted by Crippen LogP contribution is 2.43. The Balaban J connectivity index is 1.55. The van der Waals surface area contributed by atoms with Crippen molar-refractivity contribution in [3.63, 3.8) is 0 Å². The number of benzene rings is 1. The summed E-state index contributed by atoms with van der Waals surface area (Å²) in [6.45, 7) is 0. The third-order valence-corrected chi connectivity index (χ3v) is 6.07. The van der Waals surface area contributed by atoms with Crippen molar-refractivity contribution in [2.45, 2.75) is 31.5 Å². The van der Waals surface area contributed by atoms with Crippen LogP contribution in [-0.2, 0) is 6.42 Å². The van der Waals surface area contributed by atoms with Gasteiger partial charge in [-0.3, -0.25) is 4.98 Å². The number of halogens is 2. The quantitative estimate of drug-likeness (QED) is 0.685. The lowest BCUT2D eigenvalue weighted by Gasteiger charge is -2.23. The molecule has 1 fully saturated rings. The lowest BCUT2D eigenvalue weighted by molar-refractivity contribution is 0.162. The van der Waals surface area contributed by atoms with Crippen molar-refractivity contribution in [1.82, 2.24) is 4.98 Å². The summed E-state index contributed by atoms with van der Waals surface area (Å²) in [5, 5.41) is 11.6. The molecule has 1 saturated carbocycles. The number of allylic oxidation sites excluding steroid dienone is 1. The van der Waals surface area contributed by atoms with Crippen molar-refractivity contribution in [3.8, 4) is 11.5 Å². The summed E-state index contributed by atoms with van der Waals surface area (Å²) < 4.78 is 11.7. The largest absolute Gasteiger partial charge is 0.493 e. The molecule has 142 valence electrons. The molecule has 0 spiro atoms. The van der Waals surface area contributed by atoms with E-state index < -0.39 is 6.10 Å². The first-order chi connectivity index (χ1) is 13.0. The van der Waals surface area contributed by atoms with Crippen LogP contribution in [0.15, 0.2) is 42.7 Å². The van der Waals surface area contributed by atoms with Gasteiger partial charge in [0.25, 0.3) is 0 Å². The number of fused-ring (bicyclic) bond motifs is 2. The van der Waals surface area contributed by atoms with E-state index in [4.69, 9.17) is 32.7 Å². The first-order valence-corrected chi connectivity index (χ1v) is 9.79. The van der Waals surface area contributed by atoms with Crippen LogP contribution in [0.4, 0.5) is 0 Å². The summed E-state index contributed by atoms with van der Waals surface area (Å²) in [7, 11) is 1.62. The van der Waals surface area contributed by atoms with Crippen LogP contribution in [0.25, 0.3) is 0 Å². The molecule has 2 aliphatic rings. The second-order valence-corrected chi connectivity index (χ2v) is 7.96. The Labute approximate surface area is 168 Å². The van der Waals surface area contributed by atoms with E-state index >= 15 is 0 Å². The zero-order valence-electron chi connectivity index (χ0n) is 14.9. The zero-order chi connectivity index (χ0) is 19.0. The van der Waals surface area contributed by atoms with Crippen molar-refractivity contribution in [1.29, 1.82) is 0 Å². The monoisotopic (exact) mass is 405 g/mol. The van der Waals surface area contributed by atoms with Gasteiger partial charge < -0.3 is 14.6 Å². The van der Waals surface area contributed by atoms with Gasteiger partial charge >= 0.3 is 0 Å². The van der Waals surface area contributed by atoms with E-state index in [9.17, 15) is 5.11 Å². The molecule has 0 radical (unpaired) electrons. The molecule has 2 aliphatic carbocycles. The number of nitrogens with zero attached hydrogens (tertiary/aromatic N) is 1. The van der Waals surface area contributed by atoms with Gasteiger partial charge in [0.05, 0.1) is 23.3 Å². The summed E-state index contributed by atoms with van der Waals surface area (Å²) >= 11 is 12.4. The van der Waals surface area contributed by atoms with Gasteiger partial charge in [-0.25, -0.2) is 0 Å². The average molecular weight is 406 g/mol. The summed E-state index contributed by atoms with van der Waals surface area (Å²) in [5.41, 5.74) is 1.41. The van der Waals surface area contributed by atoms with Gasteiger partial charge in [0, 0.05) is 24.7 Å². The van der Waals surface area contributed by atoms with Crippen LogP contribution < -0.4 is 9.47 Å². The van der Waals surface area contributed by atoms with Gasteiger partial charge in [-0.15, -0.1) is 0 Å². The maximum absolute atomic E-state index is 10.7. The lowest BCUT2D eigenvalue weighted by Crippen LogP contribution is -2.21. The number of aliphatic hydroxyl groups is 1. The highest BCUT2D eigenvalue weighted by Gasteiger charge is 2.37. The van der Waals surface area contributed by atoms with Gasteiger partial charge in [-0.1, -0.05) is 41.4 Å². The Bertz CT molecular complexity index is 850. The van der Waals surface area contributed by atoms with Gasteiger partial charge in [0.2, 0.25) is 0 Å². The number of methoxy groups -OCH3 is 1. The van der Waals surface area contributed by atoms with Crippen molar-refractivity contribution in [2.24, 2.45) is 11.8 Å². The molecule has 0 amide bonds. The first-order valence-electron chi connectivity index (χ1n) is 9.04. The molecule has 4 unspecified atom stereocenters. The Hall–Kier alpha value is -1.75. The van der Waals surface area contributed by atoms with Crippen molar-refractivity contribution >= 4 is 23.2 Å².